The second kappa shape index (κ2) is 8.16. The van der Waals surface area contributed by atoms with Crippen LogP contribution in [0.15, 0.2) is 65.6 Å². The van der Waals surface area contributed by atoms with Gasteiger partial charge in [-0.05, 0) is 43.5 Å². The zero-order chi connectivity index (χ0) is 21.3. The molecule has 1 atom stereocenters. The minimum atomic E-state index is -0.209. The Hall–Kier alpha value is -3.38. The first-order valence-electron chi connectivity index (χ1n) is 9.67. The van der Waals surface area contributed by atoms with Gasteiger partial charge in [-0.2, -0.15) is 4.98 Å². The molecule has 4 aromatic rings. The van der Waals surface area contributed by atoms with Gasteiger partial charge in [-0.25, -0.2) is 4.98 Å². The number of nitrogens with zero attached hydrogens (tertiary/aromatic N) is 3. The number of hydrogen-bond donors (Lipinski definition) is 2. The molecule has 0 radical (unpaired) electrons. The van der Waals surface area contributed by atoms with Gasteiger partial charge in [0, 0.05) is 30.2 Å². The number of benzene rings is 2. The monoisotopic (exact) mass is 419 g/mol. The maximum absolute atomic E-state index is 13.5. The highest BCUT2D eigenvalue weighted by molar-refractivity contribution is 6.35. The lowest BCUT2D eigenvalue weighted by atomic mass is 10.1. The standard InChI is InChI=1S/C23H22ClN5O/c1-14-13-26-23(25-3)28-21(14)27-15(2)19-12-16-8-7-11-18(24)20(16)22(30)29(19)17-9-5-4-6-10-17/h4-13,15H,1-3H3,(H2,25,26,27,28)/t15-/m0/s1. The molecule has 2 heterocycles. The van der Waals surface area contributed by atoms with Crippen LogP contribution in [0.5, 0.6) is 0 Å². The van der Waals surface area contributed by atoms with Crippen LogP contribution in [0.4, 0.5) is 11.8 Å². The summed E-state index contributed by atoms with van der Waals surface area (Å²) in [6.07, 6.45) is 1.76. The van der Waals surface area contributed by atoms with Crippen molar-refractivity contribution in [2.75, 3.05) is 17.7 Å². The Morgan fingerprint density at radius 3 is 2.60 bits per heavy atom. The number of nitrogens with one attached hydrogen (secondary N) is 2. The number of rotatable bonds is 5. The first-order chi connectivity index (χ1) is 14.5. The number of pyridine rings is 1. The molecule has 0 saturated carbocycles. The van der Waals surface area contributed by atoms with E-state index in [9.17, 15) is 4.79 Å². The van der Waals surface area contributed by atoms with Crippen LogP contribution >= 0.6 is 11.6 Å². The van der Waals surface area contributed by atoms with E-state index in [2.05, 4.69) is 20.6 Å². The largest absolute Gasteiger partial charge is 0.362 e. The predicted octanol–water partition coefficient (Wildman–Crippen LogP) is 4.96. The fraction of sp³-hybridized carbons (Fsp3) is 0.174. The van der Waals surface area contributed by atoms with E-state index in [-0.39, 0.29) is 11.6 Å². The summed E-state index contributed by atoms with van der Waals surface area (Å²) in [5.41, 5.74) is 2.36. The van der Waals surface area contributed by atoms with E-state index in [0.29, 0.717) is 22.2 Å². The number of halogens is 1. The molecular weight excluding hydrogens is 398 g/mol. The van der Waals surface area contributed by atoms with Crippen LogP contribution in [0.25, 0.3) is 16.5 Å². The summed E-state index contributed by atoms with van der Waals surface area (Å²) in [6.45, 7) is 3.95. The molecular formula is C23H22ClN5O. The van der Waals surface area contributed by atoms with Crippen LogP contribution in [0.1, 0.15) is 24.2 Å². The van der Waals surface area contributed by atoms with Gasteiger partial charge in [-0.3, -0.25) is 9.36 Å². The van der Waals surface area contributed by atoms with E-state index in [1.54, 1.807) is 23.9 Å². The Morgan fingerprint density at radius 1 is 1.10 bits per heavy atom. The van der Waals surface area contributed by atoms with Crippen molar-refractivity contribution in [2.24, 2.45) is 0 Å². The Balaban J connectivity index is 1.90. The first kappa shape index (κ1) is 19.9. The highest BCUT2D eigenvalue weighted by Crippen LogP contribution is 2.27. The fourth-order valence-electron chi connectivity index (χ4n) is 3.49. The molecule has 0 amide bonds. The van der Waals surface area contributed by atoms with Crippen molar-refractivity contribution in [3.63, 3.8) is 0 Å². The molecule has 0 bridgehead atoms. The minimum absolute atomic E-state index is 0.150. The molecule has 0 fully saturated rings. The number of anilines is 2. The molecule has 4 rings (SSSR count). The third-order valence-electron chi connectivity index (χ3n) is 5.03. The number of aryl methyl sites for hydroxylation is 1. The van der Waals surface area contributed by atoms with E-state index < -0.39 is 0 Å². The lowest BCUT2D eigenvalue weighted by Crippen LogP contribution is -2.26. The molecule has 6 nitrogen and oxygen atoms in total. The quantitative estimate of drug-likeness (QED) is 0.478. The first-order valence-corrected chi connectivity index (χ1v) is 10.0. The molecule has 0 unspecified atom stereocenters. The van der Waals surface area contributed by atoms with Gasteiger partial charge in [-0.15, -0.1) is 0 Å². The Bertz CT molecular complexity index is 1270. The van der Waals surface area contributed by atoms with Gasteiger partial charge in [0.15, 0.2) is 0 Å². The fourth-order valence-corrected chi connectivity index (χ4v) is 3.75. The van der Waals surface area contributed by atoms with E-state index in [0.717, 1.165) is 22.3 Å². The van der Waals surface area contributed by atoms with Crippen LogP contribution < -0.4 is 16.2 Å². The van der Waals surface area contributed by atoms with Crippen molar-refractivity contribution >= 4 is 34.1 Å². The van der Waals surface area contributed by atoms with E-state index in [4.69, 9.17) is 11.6 Å². The predicted molar refractivity (Wildman–Crippen MR) is 123 cm³/mol. The Morgan fingerprint density at radius 2 is 1.87 bits per heavy atom. The molecule has 2 N–H and O–H groups in total. The zero-order valence-corrected chi connectivity index (χ0v) is 17.7. The van der Waals surface area contributed by atoms with Crippen LogP contribution in [0.3, 0.4) is 0 Å². The highest BCUT2D eigenvalue weighted by Gasteiger charge is 2.18. The maximum atomic E-state index is 13.5. The maximum Gasteiger partial charge on any atom is 0.264 e. The van der Waals surface area contributed by atoms with Crippen LogP contribution in [0, 0.1) is 6.92 Å². The Labute approximate surface area is 179 Å². The topological polar surface area (TPSA) is 71.8 Å². The van der Waals surface area contributed by atoms with Crippen molar-refractivity contribution in [1.29, 1.82) is 0 Å². The number of para-hydroxylation sites is 1. The van der Waals surface area contributed by atoms with E-state index >= 15 is 0 Å². The second-order valence-electron chi connectivity index (χ2n) is 7.09. The number of fused-ring (bicyclic) bond motifs is 1. The smallest absolute Gasteiger partial charge is 0.264 e. The SMILES string of the molecule is CNc1ncc(C)c(N[C@@H](C)c2cc3cccc(Cl)c3c(=O)n2-c2ccccc2)n1. The summed E-state index contributed by atoms with van der Waals surface area (Å²) in [7, 11) is 1.78. The van der Waals surface area contributed by atoms with Gasteiger partial charge < -0.3 is 10.6 Å². The highest BCUT2D eigenvalue weighted by atomic mass is 35.5. The van der Waals surface area contributed by atoms with E-state index in [1.165, 1.54) is 0 Å². The van der Waals surface area contributed by atoms with Gasteiger partial charge >= 0.3 is 0 Å². The third kappa shape index (κ3) is 3.62. The molecule has 0 aliphatic heterocycles. The Kier molecular flexibility index (Phi) is 5.42. The van der Waals surface area contributed by atoms with Gasteiger partial charge in [0.1, 0.15) is 5.82 Å². The summed E-state index contributed by atoms with van der Waals surface area (Å²) in [4.78, 5) is 22.3. The average molecular weight is 420 g/mol. The molecule has 0 aliphatic rings. The normalized spacial score (nSPS) is 12.0. The van der Waals surface area contributed by atoms with E-state index in [1.807, 2.05) is 62.4 Å². The van der Waals surface area contributed by atoms with Crippen molar-refractivity contribution in [3.05, 3.63) is 87.4 Å². The van der Waals surface area contributed by atoms with Gasteiger partial charge in [0.25, 0.3) is 5.56 Å². The third-order valence-corrected chi connectivity index (χ3v) is 5.35. The molecule has 152 valence electrons. The average Bonchev–Trinajstić information content (AvgIpc) is 2.75. The number of aromatic nitrogens is 3. The lowest BCUT2D eigenvalue weighted by Gasteiger charge is -2.22. The summed E-state index contributed by atoms with van der Waals surface area (Å²) in [5, 5.41) is 8.14. The molecule has 0 saturated heterocycles. The molecule has 30 heavy (non-hydrogen) atoms. The summed E-state index contributed by atoms with van der Waals surface area (Å²) in [6, 6.07) is 16.9. The van der Waals surface area contributed by atoms with Crippen molar-refractivity contribution in [1.82, 2.24) is 14.5 Å². The van der Waals surface area contributed by atoms with Gasteiger partial charge in [0.05, 0.1) is 16.5 Å². The van der Waals surface area contributed by atoms with Crippen molar-refractivity contribution in [3.8, 4) is 5.69 Å². The lowest BCUT2D eigenvalue weighted by molar-refractivity contribution is 0.771. The molecule has 2 aromatic heterocycles. The van der Waals surface area contributed by atoms with Crippen molar-refractivity contribution < 1.29 is 0 Å². The van der Waals surface area contributed by atoms with Gasteiger partial charge in [-0.1, -0.05) is 41.9 Å². The van der Waals surface area contributed by atoms with Crippen LogP contribution in [0.2, 0.25) is 5.02 Å². The van der Waals surface area contributed by atoms with Crippen LogP contribution in [-0.4, -0.2) is 21.6 Å². The summed E-state index contributed by atoms with van der Waals surface area (Å²) in [5.74, 6) is 1.24. The zero-order valence-electron chi connectivity index (χ0n) is 17.0. The van der Waals surface area contributed by atoms with Crippen LogP contribution in [-0.2, 0) is 0 Å². The number of hydrogen-bond acceptors (Lipinski definition) is 5. The second-order valence-corrected chi connectivity index (χ2v) is 7.50. The van der Waals surface area contributed by atoms with Crippen molar-refractivity contribution in [2.45, 2.75) is 19.9 Å². The minimum Gasteiger partial charge on any atom is -0.362 e. The molecule has 7 heteroatoms. The molecule has 2 aromatic carbocycles. The molecule has 0 aliphatic carbocycles. The summed E-state index contributed by atoms with van der Waals surface area (Å²) >= 11 is 6.38. The molecule has 0 spiro atoms. The summed E-state index contributed by atoms with van der Waals surface area (Å²) < 4.78 is 1.71. The van der Waals surface area contributed by atoms with Gasteiger partial charge in [0.2, 0.25) is 5.95 Å².